The lowest BCUT2D eigenvalue weighted by Gasteiger charge is -2.50. The Morgan fingerprint density at radius 1 is 1.10 bits per heavy atom. The fraction of sp³-hybridized carbons (Fsp3) is 0.938. The molecule has 2 fully saturated rings. The molecular formula is C16H31N3O. The Morgan fingerprint density at radius 2 is 1.65 bits per heavy atom. The lowest BCUT2D eigenvalue weighted by molar-refractivity contribution is -0.136. The molecule has 4 nitrogen and oxygen atoms in total. The van der Waals surface area contributed by atoms with Crippen molar-refractivity contribution in [2.45, 2.75) is 58.7 Å². The van der Waals surface area contributed by atoms with Gasteiger partial charge in [-0.05, 0) is 26.7 Å². The molecule has 0 N–H and O–H groups in total. The largest absolute Gasteiger partial charge is 0.342 e. The van der Waals surface area contributed by atoms with E-state index in [1.807, 2.05) is 25.8 Å². The van der Waals surface area contributed by atoms with Gasteiger partial charge in [0.1, 0.15) is 0 Å². The van der Waals surface area contributed by atoms with Crippen LogP contribution >= 0.6 is 0 Å². The van der Waals surface area contributed by atoms with Crippen molar-refractivity contribution < 1.29 is 4.79 Å². The molecule has 2 saturated heterocycles. The minimum absolute atomic E-state index is 0.115. The maximum Gasteiger partial charge on any atom is 0.225 e. The van der Waals surface area contributed by atoms with E-state index in [4.69, 9.17) is 0 Å². The highest BCUT2D eigenvalue weighted by molar-refractivity contribution is 5.78. The van der Waals surface area contributed by atoms with Crippen LogP contribution in [-0.4, -0.2) is 72.0 Å². The zero-order valence-corrected chi connectivity index (χ0v) is 13.8. The van der Waals surface area contributed by atoms with Gasteiger partial charge in [-0.15, -0.1) is 0 Å². The Labute approximate surface area is 124 Å². The van der Waals surface area contributed by atoms with E-state index in [0.717, 1.165) is 32.0 Å². The Balaban J connectivity index is 1.75. The van der Waals surface area contributed by atoms with Gasteiger partial charge in [0.15, 0.2) is 0 Å². The number of hydrogen-bond donors (Lipinski definition) is 0. The Morgan fingerprint density at radius 3 is 2.10 bits per heavy atom. The van der Waals surface area contributed by atoms with Crippen molar-refractivity contribution in [2.24, 2.45) is 5.92 Å². The first kappa shape index (κ1) is 15.8. The molecule has 2 aliphatic heterocycles. The van der Waals surface area contributed by atoms with Crippen molar-refractivity contribution in [1.82, 2.24) is 14.7 Å². The molecule has 2 rings (SSSR count). The van der Waals surface area contributed by atoms with E-state index in [1.54, 1.807) is 0 Å². The summed E-state index contributed by atoms with van der Waals surface area (Å²) in [5, 5.41) is 0. The predicted molar refractivity (Wildman–Crippen MR) is 82.7 cm³/mol. The lowest BCUT2D eigenvalue weighted by atomic mass is 9.97. The fourth-order valence-corrected chi connectivity index (χ4v) is 3.37. The van der Waals surface area contributed by atoms with Gasteiger partial charge in [0.2, 0.25) is 5.91 Å². The van der Waals surface area contributed by atoms with E-state index in [-0.39, 0.29) is 11.8 Å². The number of amides is 1. The standard InChI is InChI=1S/C16H31N3O/c1-12(2)16(20)17(5)14-6-8-18(9-7-14)15-10-19(11-15)13(3)4/h12-15H,6-11H2,1-5H3. The van der Waals surface area contributed by atoms with Crippen molar-refractivity contribution in [1.29, 1.82) is 0 Å². The molecule has 0 atom stereocenters. The third-order valence-corrected chi connectivity index (χ3v) is 5.03. The zero-order chi connectivity index (χ0) is 14.9. The summed E-state index contributed by atoms with van der Waals surface area (Å²) in [7, 11) is 1.98. The summed E-state index contributed by atoms with van der Waals surface area (Å²) in [5.74, 6) is 0.405. The summed E-state index contributed by atoms with van der Waals surface area (Å²) < 4.78 is 0. The minimum Gasteiger partial charge on any atom is -0.342 e. The monoisotopic (exact) mass is 281 g/mol. The molecule has 20 heavy (non-hydrogen) atoms. The van der Waals surface area contributed by atoms with Crippen molar-refractivity contribution in [3.63, 3.8) is 0 Å². The van der Waals surface area contributed by atoms with Crippen LogP contribution < -0.4 is 0 Å². The van der Waals surface area contributed by atoms with E-state index in [0.29, 0.717) is 12.1 Å². The molecule has 4 heteroatoms. The van der Waals surface area contributed by atoms with Crippen LogP contribution in [0.15, 0.2) is 0 Å². The average Bonchev–Trinajstić information content (AvgIpc) is 2.35. The number of carbonyl (C=O) groups excluding carboxylic acids is 1. The normalized spacial score (nSPS) is 23.4. The summed E-state index contributed by atoms with van der Waals surface area (Å²) in [6.45, 7) is 13.3. The SMILES string of the molecule is CC(C)C(=O)N(C)C1CCN(C2CN(C(C)C)C2)CC1. The number of carbonyl (C=O) groups is 1. The summed E-state index contributed by atoms with van der Waals surface area (Å²) in [5.41, 5.74) is 0. The number of hydrogen-bond acceptors (Lipinski definition) is 3. The second-order valence-corrected chi connectivity index (χ2v) is 7.07. The van der Waals surface area contributed by atoms with Crippen LogP contribution in [0.2, 0.25) is 0 Å². The second-order valence-electron chi connectivity index (χ2n) is 7.07. The van der Waals surface area contributed by atoms with Crippen LogP contribution in [0.4, 0.5) is 0 Å². The van der Waals surface area contributed by atoms with Gasteiger partial charge in [0.25, 0.3) is 0 Å². The lowest BCUT2D eigenvalue weighted by Crippen LogP contribution is -2.63. The fourth-order valence-electron chi connectivity index (χ4n) is 3.37. The first-order chi connectivity index (χ1) is 9.40. The van der Waals surface area contributed by atoms with Crippen LogP contribution in [-0.2, 0) is 4.79 Å². The number of nitrogens with zero attached hydrogens (tertiary/aromatic N) is 3. The molecule has 1 amide bonds. The maximum absolute atomic E-state index is 12.0. The zero-order valence-electron chi connectivity index (χ0n) is 13.8. The second kappa shape index (κ2) is 6.44. The Bertz CT molecular complexity index is 329. The first-order valence-corrected chi connectivity index (χ1v) is 8.15. The van der Waals surface area contributed by atoms with Crippen molar-refractivity contribution in [3.8, 4) is 0 Å². The van der Waals surface area contributed by atoms with Gasteiger partial charge in [-0.1, -0.05) is 13.8 Å². The summed E-state index contributed by atoms with van der Waals surface area (Å²) in [4.78, 5) is 19.2. The summed E-state index contributed by atoms with van der Waals surface area (Å²) in [6.07, 6.45) is 2.26. The van der Waals surface area contributed by atoms with E-state index < -0.39 is 0 Å². The maximum atomic E-state index is 12.0. The third-order valence-electron chi connectivity index (χ3n) is 5.03. The molecule has 0 aromatic rings. The molecule has 2 heterocycles. The summed E-state index contributed by atoms with van der Waals surface area (Å²) in [6, 6.07) is 1.88. The van der Waals surface area contributed by atoms with Crippen LogP contribution in [0.25, 0.3) is 0 Å². The van der Waals surface area contributed by atoms with E-state index in [9.17, 15) is 4.79 Å². The van der Waals surface area contributed by atoms with E-state index >= 15 is 0 Å². The number of rotatable bonds is 4. The van der Waals surface area contributed by atoms with Gasteiger partial charge >= 0.3 is 0 Å². The molecule has 0 aliphatic carbocycles. The predicted octanol–water partition coefficient (Wildman–Crippen LogP) is 1.66. The molecule has 0 aromatic carbocycles. The molecule has 2 aliphatic rings. The van der Waals surface area contributed by atoms with Crippen LogP contribution in [0.5, 0.6) is 0 Å². The topological polar surface area (TPSA) is 26.8 Å². The average molecular weight is 281 g/mol. The van der Waals surface area contributed by atoms with Crippen LogP contribution in [0, 0.1) is 5.92 Å². The van der Waals surface area contributed by atoms with Crippen molar-refractivity contribution in [3.05, 3.63) is 0 Å². The quantitative estimate of drug-likeness (QED) is 0.784. The highest BCUT2D eigenvalue weighted by Gasteiger charge is 2.35. The van der Waals surface area contributed by atoms with Gasteiger partial charge in [0.05, 0.1) is 0 Å². The highest BCUT2D eigenvalue weighted by Crippen LogP contribution is 2.23. The molecule has 0 bridgehead atoms. The molecular weight excluding hydrogens is 250 g/mol. The number of piperidine rings is 1. The number of likely N-dealkylation sites (tertiary alicyclic amines) is 2. The molecule has 0 aromatic heterocycles. The van der Waals surface area contributed by atoms with E-state index in [2.05, 4.69) is 23.6 Å². The molecule has 0 saturated carbocycles. The van der Waals surface area contributed by atoms with Gasteiger partial charge in [-0.3, -0.25) is 14.6 Å². The summed E-state index contributed by atoms with van der Waals surface area (Å²) >= 11 is 0. The minimum atomic E-state index is 0.115. The van der Waals surface area contributed by atoms with Gasteiger partial charge in [-0.2, -0.15) is 0 Å². The van der Waals surface area contributed by atoms with Crippen molar-refractivity contribution >= 4 is 5.91 Å². The Kier molecular flexibility index (Phi) is 5.08. The first-order valence-electron chi connectivity index (χ1n) is 8.15. The molecule has 0 unspecified atom stereocenters. The highest BCUT2D eigenvalue weighted by atomic mass is 16.2. The van der Waals surface area contributed by atoms with Crippen LogP contribution in [0.1, 0.15) is 40.5 Å². The van der Waals surface area contributed by atoms with Gasteiger partial charge in [0, 0.05) is 57.3 Å². The molecule has 0 radical (unpaired) electrons. The Hall–Kier alpha value is -0.610. The molecule has 116 valence electrons. The van der Waals surface area contributed by atoms with E-state index in [1.165, 1.54) is 13.1 Å². The van der Waals surface area contributed by atoms with Crippen molar-refractivity contribution in [2.75, 3.05) is 33.2 Å². The third kappa shape index (κ3) is 3.34. The van der Waals surface area contributed by atoms with Crippen LogP contribution in [0.3, 0.4) is 0 Å². The molecule has 0 spiro atoms. The van der Waals surface area contributed by atoms with Gasteiger partial charge in [-0.25, -0.2) is 0 Å². The smallest absolute Gasteiger partial charge is 0.225 e. The van der Waals surface area contributed by atoms with Gasteiger partial charge < -0.3 is 4.90 Å².